The maximum Gasteiger partial charge on any atom is 0.229 e. The molecule has 2 heterocycles. The van der Waals surface area contributed by atoms with Gasteiger partial charge in [0.05, 0.1) is 17.3 Å². The maximum absolute atomic E-state index is 14.7. The second-order valence-electron chi connectivity index (χ2n) is 7.40. The molecule has 1 fully saturated rings. The van der Waals surface area contributed by atoms with E-state index in [1.807, 2.05) is 0 Å². The van der Waals surface area contributed by atoms with Crippen LogP contribution in [-0.2, 0) is 11.8 Å². The van der Waals surface area contributed by atoms with Crippen molar-refractivity contribution >= 4 is 11.6 Å². The smallest absolute Gasteiger partial charge is 0.229 e. The quantitative estimate of drug-likeness (QED) is 0.682. The minimum atomic E-state index is -0.943. The number of hydrogen-bond acceptors (Lipinski definition) is 3. The summed E-state index contributed by atoms with van der Waals surface area (Å²) in [6, 6.07) is 10.0. The van der Waals surface area contributed by atoms with E-state index in [9.17, 15) is 18.0 Å². The summed E-state index contributed by atoms with van der Waals surface area (Å²) in [5, 5.41) is 9.86. The third-order valence-electron chi connectivity index (χ3n) is 5.53. The predicted molar refractivity (Wildman–Crippen MR) is 107 cm³/mol. The molecule has 1 saturated heterocycles. The molecule has 30 heavy (non-hydrogen) atoms. The Balaban J connectivity index is 1.54. The summed E-state index contributed by atoms with van der Waals surface area (Å²) in [6.07, 6.45) is 2.21. The zero-order valence-corrected chi connectivity index (χ0v) is 16.3. The van der Waals surface area contributed by atoms with Crippen molar-refractivity contribution < 1.29 is 18.0 Å². The Kier molecular flexibility index (Phi) is 5.59. The first kappa shape index (κ1) is 20.2. The Morgan fingerprint density at radius 2 is 1.93 bits per heavy atom. The van der Waals surface area contributed by atoms with Gasteiger partial charge in [0.15, 0.2) is 11.6 Å². The van der Waals surface area contributed by atoms with Crippen molar-refractivity contribution in [2.75, 3.05) is 18.4 Å². The van der Waals surface area contributed by atoms with Crippen LogP contribution in [0.1, 0.15) is 17.9 Å². The fraction of sp³-hybridized carbons (Fsp3) is 0.273. The van der Waals surface area contributed by atoms with E-state index < -0.39 is 23.4 Å². The molecule has 0 unspecified atom stereocenters. The van der Waals surface area contributed by atoms with Gasteiger partial charge in [-0.25, -0.2) is 13.2 Å². The zero-order valence-electron chi connectivity index (χ0n) is 16.3. The average Bonchev–Trinajstić information content (AvgIpc) is 3.17. The van der Waals surface area contributed by atoms with Crippen LogP contribution in [0.25, 0.3) is 11.3 Å². The molecular weight excluding hydrogens is 393 g/mol. The molecule has 2 N–H and O–H groups in total. The van der Waals surface area contributed by atoms with Crippen molar-refractivity contribution in [2.24, 2.45) is 13.0 Å². The van der Waals surface area contributed by atoms with Crippen molar-refractivity contribution in [3.8, 4) is 11.3 Å². The maximum atomic E-state index is 14.7. The van der Waals surface area contributed by atoms with Crippen molar-refractivity contribution in [1.29, 1.82) is 0 Å². The fourth-order valence-electron chi connectivity index (χ4n) is 3.93. The summed E-state index contributed by atoms with van der Waals surface area (Å²) in [6.45, 7) is 1.02. The molecule has 8 heteroatoms. The summed E-state index contributed by atoms with van der Waals surface area (Å²) >= 11 is 0. The number of aromatic nitrogens is 2. The molecule has 156 valence electrons. The Morgan fingerprint density at radius 3 is 2.63 bits per heavy atom. The number of anilines is 1. The van der Waals surface area contributed by atoms with Gasteiger partial charge < -0.3 is 10.6 Å². The van der Waals surface area contributed by atoms with Crippen LogP contribution in [0.2, 0.25) is 0 Å². The van der Waals surface area contributed by atoms with Crippen LogP contribution < -0.4 is 10.6 Å². The van der Waals surface area contributed by atoms with E-state index in [0.717, 1.165) is 17.8 Å². The van der Waals surface area contributed by atoms with Gasteiger partial charge >= 0.3 is 0 Å². The molecule has 1 amide bonds. The molecule has 0 radical (unpaired) electrons. The van der Waals surface area contributed by atoms with Crippen molar-refractivity contribution in [3.05, 3.63) is 71.7 Å². The van der Waals surface area contributed by atoms with E-state index in [-0.39, 0.29) is 17.5 Å². The Labute approximate surface area is 171 Å². The summed E-state index contributed by atoms with van der Waals surface area (Å²) in [4.78, 5) is 12.9. The first-order valence-corrected chi connectivity index (χ1v) is 9.68. The zero-order chi connectivity index (χ0) is 21.3. The third kappa shape index (κ3) is 3.95. The predicted octanol–water partition coefficient (Wildman–Crippen LogP) is 3.84. The fourth-order valence-corrected chi connectivity index (χ4v) is 3.93. The van der Waals surface area contributed by atoms with E-state index in [1.54, 1.807) is 30.1 Å². The van der Waals surface area contributed by atoms with Gasteiger partial charge in [-0.2, -0.15) is 5.10 Å². The molecule has 0 aliphatic carbocycles. The number of rotatable bonds is 4. The summed E-state index contributed by atoms with van der Waals surface area (Å²) in [7, 11) is 1.76. The molecule has 2 aromatic carbocycles. The standard InChI is InChI=1S/C22H21F3N4O/c1-29-21(7-9-27-29)14-3-5-20(19(25)11-14)28-22(30)16-12-26-8-6-15(16)13-2-4-17(23)18(24)10-13/h2-5,7,9-11,15-16,26H,6,8,12H2,1H3,(H,28,30)/t15-,16+/m0/s1. The topological polar surface area (TPSA) is 59.0 Å². The Hall–Kier alpha value is -3.13. The number of benzene rings is 2. The van der Waals surface area contributed by atoms with Crippen molar-refractivity contribution in [1.82, 2.24) is 15.1 Å². The lowest BCUT2D eigenvalue weighted by Crippen LogP contribution is -2.42. The van der Waals surface area contributed by atoms with Gasteiger partial charge in [0.2, 0.25) is 5.91 Å². The monoisotopic (exact) mass is 414 g/mol. The number of amides is 1. The molecule has 1 aliphatic rings. The molecule has 4 rings (SSSR count). The number of nitrogens with zero attached hydrogens (tertiary/aromatic N) is 2. The highest BCUT2D eigenvalue weighted by Gasteiger charge is 2.33. The van der Waals surface area contributed by atoms with Crippen LogP contribution in [-0.4, -0.2) is 28.8 Å². The SMILES string of the molecule is Cn1nccc1-c1ccc(NC(=O)[C@@H]2CNCC[C@H]2c2ccc(F)c(F)c2)c(F)c1. The van der Waals surface area contributed by atoms with E-state index in [1.165, 1.54) is 18.2 Å². The van der Waals surface area contributed by atoms with Gasteiger partial charge in [-0.15, -0.1) is 0 Å². The van der Waals surface area contributed by atoms with E-state index in [4.69, 9.17) is 0 Å². The summed E-state index contributed by atoms with van der Waals surface area (Å²) in [5.41, 5.74) is 2.02. The third-order valence-corrected chi connectivity index (χ3v) is 5.53. The number of aryl methyl sites for hydroxylation is 1. The summed E-state index contributed by atoms with van der Waals surface area (Å²) < 4.78 is 43.3. The van der Waals surface area contributed by atoms with Gasteiger partial charge in [0, 0.05) is 25.4 Å². The highest BCUT2D eigenvalue weighted by Crippen LogP contribution is 2.32. The van der Waals surface area contributed by atoms with Crippen LogP contribution >= 0.6 is 0 Å². The average molecular weight is 414 g/mol. The van der Waals surface area contributed by atoms with Crippen molar-refractivity contribution in [2.45, 2.75) is 12.3 Å². The largest absolute Gasteiger partial charge is 0.323 e. The second-order valence-corrected chi connectivity index (χ2v) is 7.40. The Bertz CT molecular complexity index is 1080. The second kappa shape index (κ2) is 8.31. The number of carbonyl (C=O) groups excluding carboxylic acids is 1. The normalized spacial score (nSPS) is 18.9. The van der Waals surface area contributed by atoms with E-state index >= 15 is 0 Å². The number of hydrogen-bond donors (Lipinski definition) is 2. The van der Waals surface area contributed by atoms with E-state index in [0.29, 0.717) is 30.6 Å². The van der Waals surface area contributed by atoms with Gasteiger partial charge in [-0.05, 0) is 54.8 Å². The highest BCUT2D eigenvalue weighted by molar-refractivity contribution is 5.93. The molecule has 0 saturated carbocycles. The van der Waals surface area contributed by atoms with Crippen LogP contribution in [0.4, 0.5) is 18.9 Å². The molecule has 0 spiro atoms. The number of halogens is 3. The highest BCUT2D eigenvalue weighted by atomic mass is 19.2. The first-order valence-electron chi connectivity index (χ1n) is 9.68. The van der Waals surface area contributed by atoms with Gasteiger partial charge in [0.25, 0.3) is 0 Å². The lowest BCUT2D eigenvalue weighted by Gasteiger charge is -2.31. The molecule has 2 atom stereocenters. The summed E-state index contributed by atoms with van der Waals surface area (Å²) in [5.74, 6) is -3.64. The van der Waals surface area contributed by atoms with Crippen LogP contribution in [0.3, 0.4) is 0 Å². The lowest BCUT2D eigenvalue weighted by atomic mass is 9.80. The Morgan fingerprint density at radius 1 is 1.10 bits per heavy atom. The number of carbonyl (C=O) groups is 1. The lowest BCUT2D eigenvalue weighted by molar-refractivity contribution is -0.120. The number of piperidine rings is 1. The molecule has 5 nitrogen and oxygen atoms in total. The van der Waals surface area contributed by atoms with Crippen LogP contribution in [0, 0.1) is 23.4 Å². The van der Waals surface area contributed by atoms with Gasteiger partial charge in [-0.1, -0.05) is 12.1 Å². The molecule has 1 aromatic heterocycles. The molecule has 0 bridgehead atoms. The molecule has 1 aliphatic heterocycles. The molecular formula is C22H21F3N4O. The van der Waals surface area contributed by atoms with Crippen LogP contribution in [0.5, 0.6) is 0 Å². The van der Waals surface area contributed by atoms with Crippen LogP contribution in [0.15, 0.2) is 48.7 Å². The number of nitrogens with one attached hydrogen (secondary N) is 2. The van der Waals surface area contributed by atoms with E-state index in [2.05, 4.69) is 15.7 Å². The minimum absolute atomic E-state index is 0.0699. The van der Waals surface area contributed by atoms with Crippen molar-refractivity contribution in [3.63, 3.8) is 0 Å². The molecule has 3 aromatic rings. The van der Waals surface area contributed by atoms with Gasteiger partial charge in [0.1, 0.15) is 5.82 Å². The first-order chi connectivity index (χ1) is 14.4. The minimum Gasteiger partial charge on any atom is -0.323 e. The van der Waals surface area contributed by atoms with Gasteiger partial charge in [-0.3, -0.25) is 9.48 Å².